The van der Waals surface area contributed by atoms with Crippen LogP contribution in [0.2, 0.25) is 0 Å². The van der Waals surface area contributed by atoms with E-state index in [1.165, 1.54) is 46.4 Å². The van der Waals surface area contributed by atoms with Crippen molar-refractivity contribution >= 4 is 69.1 Å². The number of benzene rings is 1. The lowest BCUT2D eigenvalue weighted by Crippen LogP contribution is -2.34. The Morgan fingerprint density at radius 3 is 2.92 bits per heavy atom. The molecule has 6 rings (SSSR count). The summed E-state index contributed by atoms with van der Waals surface area (Å²) in [4.78, 5) is 45.5. The highest BCUT2D eigenvalue weighted by atomic mass is 32.2. The second kappa shape index (κ2) is 10.3. The number of aliphatic hydroxyl groups is 2. The molecular formula is C21H19N7O9PS2-. The summed E-state index contributed by atoms with van der Waals surface area (Å²) in [6.45, 7) is -0.751. The summed E-state index contributed by atoms with van der Waals surface area (Å²) in [7, 11) is -5.19. The van der Waals surface area contributed by atoms with Crippen molar-refractivity contribution in [2.45, 2.75) is 30.6 Å². The van der Waals surface area contributed by atoms with E-state index in [0.29, 0.717) is 15.6 Å². The van der Waals surface area contributed by atoms with E-state index in [2.05, 4.69) is 29.5 Å². The predicted octanol–water partition coefficient (Wildman–Crippen LogP) is -0.0666. The van der Waals surface area contributed by atoms with E-state index in [9.17, 15) is 29.6 Å². The Kier molecular flexibility index (Phi) is 6.96. The van der Waals surface area contributed by atoms with Crippen LogP contribution in [0.25, 0.3) is 21.4 Å². The van der Waals surface area contributed by atoms with Crippen LogP contribution in [-0.4, -0.2) is 87.5 Å². The minimum atomic E-state index is -5.19. The molecule has 1 aromatic carbocycles. The average Bonchev–Trinajstić information content (AvgIpc) is 3.69. The number of phenols is 1. The molecular weight excluding hydrogens is 589 g/mol. The lowest BCUT2D eigenvalue weighted by molar-refractivity contribution is -0.227. The normalized spacial score (nSPS) is 26.3. The smallest absolute Gasteiger partial charge is 0.337 e. The molecule has 0 amide bonds. The zero-order valence-electron chi connectivity index (χ0n) is 20.0. The Morgan fingerprint density at radius 1 is 1.27 bits per heavy atom. The molecule has 0 aliphatic carbocycles. The van der Waals surface area contributed by atoms with Crippen molar-refractivity contribution in [3.63, 3.8) is 0 Å². The molecule has 3 aromatic heterocycles. The number of thioether (sulfide) groups is 1. The van der Waals surface area contributed by atoms with E-state index >= 15 is 0 Å². The molecule has 4 aromatic rings. The average molecular weight is 609 g/mol. The maximum Gasteiger partial charge on any atom is 0.337 e. The Labute approximate surface area is 232 Å². The molecule has 1 unspecified atom stereocenters. The summed E-state index contributed by atoms with van der Waals surface area (Å²) in [6, 6.07) is 3.59. The Bertz CT molecular complexity index is 1700. The van der Waals surface area contributed by atoms with E-state index < -0.39 is 51.0 Å². The summed E-state index contributed by atoms with van der Waals surface area (Å²) in [6.07, 6.45) is -3.06. The standard InChI is InChI=1S/C21H20N7O9PS2/c22-16-13-17(24-6-23-16)28(7-25-13)20-15(31)14(30)11(36-20)4-35-38(33,34)37-21(32)10-5-39-18(27-10)19-26-9-2-1-8(29)3-12(9)40-19/h1-3,6-7,10-11,14-15,20,29-31H,4-5H2,(H,33,34)(H2,22,23,24)/p-1/t10-,11-,14-,15-,20-/m1/s1. The number of rotatable bonds is 7. The van der Waals surface area contributed by atoms with E-state index in [-0.39, 0.29) is 28.5 Å². The van der Waals surface area contributed by atoms with Crippen LogP contribution in [-0.2, 0) is 23.1 Å². The number of carbonyl (C=O) groups is 1. The van der Waals surface area contributed by atoms with Gasteiger partial charge in [-0.05, 0) is 18.2 Å². The number of hydrogen-bond donors (Lipinski definition) is 4. The molecule has 1 saturated heterocycles. The number of fused-ring (bicyclic) bond motifs is 2. The number of anilines is 1. The summed E-state index contributed by atoms with van der Waals surface area (Å²) >= 11 is 2.47. The quantitative estimate of drug-likeness (QED) is 0.201. The largest absolute Gasteiger partial charge is 0.746 e. The number of hydrogen-bond acceptors (Lipinski definition) is 17. The van der Waals surface area contributed by atoms with Gasteiger partial charge in [-0.1, -0.05) is 0 Å². The molecule has 40 heavy (non-hydrogen) atoms. The van der Waals surface area contributed by atoms with Gasteiger partial charge in [0.2, 0.25) is 0 Å². The zero-order chi connectivity index (χ0) is 28.2. The number of aromatic nitrogens is 5. The molecule has 0 radical (unpaired) electrons. The lowest BCUT2D eigenvalue weighted by atomic mass is 10.1. The van der Waals surface area contributed by atoms with Gasteiger partial charge < -0.3 is 39.7 Å². The van der Waals surface area contributed by atoms with E-state index in [0.717, 1.165) is 4.70 Å². The van der Waals surface area contributed by atoms with Crippen molar-refractivity contribution in [3.05, 3.63) is 35.9 Å². The summed E-state index contributed by atoms with van der Waals surface area (Å²) in [5, 5.41) is 31.5. The molecule has 1 fully saturated rings. The lowest BCUT2D eigenvalue weighted by Gasteiger charge is -2.25. The van der Waals surface area contributed by atoms with Crippen molar-refractivity contribution in [1.82, 2.24) is 24.5 Å². The third kappa shape index (κ3) is 5.04. The molecule has 0 saturated carbocycles. The van der Waals surface area contributed by atoms with Crippen LogP contribution in [0.15, 0.2) is 35.8 Å². The Hall–Kier alpha value is -3.22. The second-order valence-electron chi connectivity index (χ2n) is 8.71. The number of phosphoric acid groups is 1. The Morgan fingerprint density at radius 2 is 2.10 bits per heavy atom. The fourth-order valence-electron chi connectivity index (χ4n) is 4.13. The third-order valence-electron chi connectivity index (χ3n) is 6.08. The molecule has 210 valence electrons. The number of thiazole rings is 1. The number of aromatic hydroxyl groups is 1. The number of phosphoric ester groups is 1. The molecule has 2 aliphatic heterocycles. The number of imidazole rings is 1. The molecule has 6 atom stereocenters. The first-order valence-corrected chi connectivity index (χ1v) is 14.8. The fraction of sp³-hybridized carbons (Fsp3) is 0.333. The van der Waals surface area contributed by atoms with Crippen LogP contribution in [0.1, 0.15) is 11.2 Å². The van der Waals surface area contributed by atoms with Crippen molar-refractivity contribution < 1.29 is 43.4 Å². The maximum atomic E-state index is 12.5. The van der Waals surface area contributed by atoms with E-state index in [1.807, 2.05) is 0 Å². The second-order valence-corrected chi connectivity index (χ2v) is 12.1. The van der Waals surface area contributed by atoms with Gasteiger partial charge in [0.15, 0.2) is 23.7 Å². The summed E-state index contributed by atoms with van der Waals surface area (Å²) in [5.74, 6) is -0.830. The molecule has 5 heterocycles. The zero-order valence-corrected chi connectivity index (χ0v) is 22.5. The van der Waals surface area contributed by atoms with Gasteiger partial charge in [-0.2, -0.15) is 0 Å². The summed E-state index contributed by atoms with van der Waals surface area (Å²) in [5.41, 5.74) is 6.89. The number of aliphatic hydroxyl groups excluding tert-OH is 2. The number of ether oxygens (including phenoxy) is 1. The van der Waals surface area contributed by atoms with Crippen LogP contribution in [0.5, 0.6) is 5.75 Å². The minimum Gasteiger partial charge on any atom is -0.746 e. The molecule has 19 heteroatoms. The van der Waals surface area contributed by atoms with Crippen molar-refractivity contribution in [2.75, 3.05) is 18.1 Å². The van der Waals surface area contributed by atoms with Crippen LogP contribution in [0.3, 0.4) is 0 Å². The van der Waals surface area contributed by atoms with E-state index in [1.54, 1.807) is 12.1 Å². The monoisotopic (exact) mass is 608 g/mol. The van der Waals surface area contributed by atoms with Crippen LogP contribution >= 0.6 is 30.9 Å². The number of phenolic OH excluding ortho intramolecular Hbond substituents is 1. The molecule has 0 spiro atoms. The SMILES string of the molecule is Nc1ncnc2c1ncn2[C@@H]1O[C@H](COP(=O)([O-])OC(=O)[C@H]2CSC(c3nc4ccc(O)cc4s3)=N2)[C@@H](O)[C@H]1O. The molecule has 5 N–H and O–H groups in total. The fourth-order valence-corrected chi connectivity index (χ4v) is 6.95. The van der Waals surface area contributed by atoms with E-state index in [4.69, 9.17) is 15.0 Å². The highest BCUT2D eigenvalue weighted by Gasteiger charge is 2.45. The first kappa shape index (κ1) is 27.0. The van der Waals surface area contributed by atoms with Gasteiger partial charge in [-0.15, -0.1) is 23.1 Å². The van der Waals surface area contributed by atoms with Crippen molar-refractivity contribution in [2.24, 2.45) is 4.99 Å². The maximum absolute atomic E-state index is 12.5. The highest BCUT2D eigenvalue weighted by molar-refractivity contribution is 8.15. The van der Waals surface area contributed by atoms with Gasteiger partial charge in [0.05, 0.1) is 23.2 Å². The number of nitrogens with zero attached hydrogens (tertiary/aromatic N) is 6. The third-order valence-corrected chi connectivity index (χ3v) is 9.15. The van der Waals surface area contributed by atoms with Crippen LogP contribution in [0.4, 0.5) is 5.82 Å². The van der Waals surface area contributed by atoms with Crippen molar-refractivity contribution in [3.8, 4) is 5.75 Å². The first-order chi connectivity index (χ1) is 19.1. The van der Waals surface area contributed by atoms with Gasteiger partial charge in [0, 0.05) is 5.75 Å². The number of aliphatic imine (C=N–C) groups is 1. The number of carbonyl (C=O) groups excluding carboxylic acids is 1. The minimum absolute atomic E-state index is 0.0897. The number of nitrogen functional groups attached to an aromatic ring is 1. The van der Waals surface area contributed by atoms with Crippen LogP contribution < -0.4 is 10.6 Å². The van der Waals surface area contributed by atoms with Gasteiger partial charge in [0.25, 0.3) is 0 Å². The van der Waals surface area contributed by atoms with Crippen LogP contribution in [0, 0.1) is 0 Å². The van der Waals surface area contributed by atoms with Gasteiger partial charge in [-0.25, -0.2) is 24.7 Å². The topological polar surface area (TPSA) is 240 Å². The highest BCUT2D eigenvalue weighted by Crippen LogP contribution is 2.42. The first-order valence-electron chi connectivity index (χ1n) is 11.5. The summed E-state index contributed by atoms with van der Waals surface area (Å²) < 4.78 is 29.5. The number of nitrogens with two attached hydrogens (primary N) is 1. The van der Waals surface area contributed by atoms with Crippen molar-refractivity contribution in [1.29, 1.82) is 0 Å². The molecule has 2 aliphatic rings. The Balaban J connectivity index is 1.08. The van der Waals surface area contributed by atoms with Gasteiger partial charge >= 0.3 is 13.8 Å². The van der Waals surface area contributed by atoms with Gasteiger partial charge in [-0.3, -0.25) is 14.1 Å². The molecule has 0 bridgehead atoms. The molecule has 16 nitrogen and oxygen atoms in total. The van der Waals surface area contributed by atoms with Gasteiger partial charge in [0.1, 0.15) is 46.0 Å². The predicted molar refractivity (Wildman–Crippen MR) is 139 cm³/mol.